The van der Waals surface area contributed by atoms with E-state index in [1.54, 1.807) is 0 Å². The first-order valence-corrected chi connectivity index (χ1v) is 4.47. The molecule has 0 amide bonds. The Labute approximate surface area is 89.5 Å². The highest BCUT2D eigenvalue weighted by molar-refractivity contribution is 5.19. The molecule has 0 aliphatic carbocycles. The first-order valence-electron chi connectivity index (χ1n) is 4.47. The van der Waals surface area contributed by atoms with Crippen LogP contribution in [-0.4, -0.2) is 24.5 Å². The maximum absolute atomic E-state index is 13.1. The molecular weight excluding hydrogens is 228 g/mol. The molecule has 6 heteroatoms. The summed E-state index contributed by atoms with van der Waals surface area (Å²) in [6.07, 6.45) is -5.85. The van der Waals surface area contributed by atoms with Crippen molar-refractivity contribution in [2.45, 2.75) is 12.3 Å². The topological polar surface area (TPSA) is 29.5 Å². The van der Waals surface area contributed by atoms with Crippen LogP contribution < -0.4 is 0 Å². The number of halogens is 4. The van der Waals surface area contributed by atoms with Crippen molar-refractivity contribution < 1.29 is 27.4 Å². The van der Waals surface area contributed by atoms with E-state index in [0.717, 1.165) is 6.07 Å². The number of benzene rings is 1. The fourth-order valence-corrected chi connectivity index (χ4v) is 1.12. The van der Waals surface area contributed by atoms with Crippen molar-refractivity contribution in [1.82, 2.24) is 0 Å². The summed E-state index contributed by atoms with van der Waals surface area (Å²) in [5.74, 6) is -0.675. The average Bonchev–Trinajstić information content (AvgIpc) is 2.16. The molecule has 1 unspecified atom stereocenters. The Morgan fingerprint density at radius 1 is 1.25 bits per heavy atom. The summed E-state index contributed by atoms with van der Waals surface area (Å²) in [6.45, 7) is -2.06. The monoisotopic (exact) mass is 238 g/mol. The van der Waals surface area contributed by atoms with Crippen molar-refractivity contribution in [1.29, 1.82) is 0 Å². The normalized spacial score (nSPS) is 13.8. The third-order valence-corrected chi connectivity index (χ3v) is 1.81. The Bertz CT molecular complexity index is 338. The summed E-state index contributed by atoms with van der Waals surface area (Å²) in [4.78, 5) is 0. The average molecular weight is 238 g/mol. The first kappa shape index (κ1) is 12.9. The minimum Gasteiger partial charge on any atom is -0.386 e. The third-order valence-electron chi connectivity index (χ3n) is 1.81. The number of aliphatic hydroxyl groups excluding tert-OH is 1. The zero-order valence-electron chi connectivity index (χ0n) is 8.17. The van der Waals surface area contributed by atoms with Crippen molar-refractivity contribution in [2.24, 2.45) is 0 Å². The molecule has 1 aromatic rings. The Kier molecular flexibility index (Phi) is 4.26. The van der Waals surface area contributed by atoms with Gasteiger partial charge in [-0.1, -0.05) is 18.2 Å². The van der Waals surface area contributed by atoms with Crippen LogP contribution in [0.5, 0.6) is 0 Å². The van der Waals surface area contributed by atoms with Crippen LogP contribution in [0.4, 0.5) is 17.6 Å². The molecule has 16 heavy (non-hydrogen) atoms. The molecule has 0 aliphatic rings. The molecule has 0 saturated carbocycles. The lowest BCUT2D eigenvalue weighted by atomic mass is 10.1. The van der Waals surface area contributed by atoms with Gasteiger partial charge < -0.3 is 9.84 Å². The third kappa shape index (κ3) is 4.16. The molecule has 0 fully saturated rings. The van der Waals surface area contributed by atoms with E-state index in [9.17, 15) is 22.7 Å². The van der Waals surface area contributed by atoms with Gasteiger partial charge in [0, 0.05) is 5.56 Å². The number of rotatable bonds is 4. The maximum Gasteiger partial charge on any atom is 0.411 e. The molecule has 0 aliphatic heterocycles. The standard InChI is InChI=1S/C10H10F4O2/c11-8-4-2-1-3-7(8)9(15)5-16-6-10(12,13)14/h1-4,9,15H,5-6H2. The highest BCUT2D eigenvalue weighted by Gasteiger charge is 2.28. The van der Waals surface area contributed by atoms with Gasteiger partial charge >= 0.3 is 6.18 Å². The molecular formula is C10H10F4O2. The van der Waals surface area contributed by atoms with Crippen LogP contribution in [-0.2, 0) is 4.74 Å². The Morgan fingerprint density at radius 2 is 1.88 bits per heavy atom. The van der Waals surface area contributed by atoms with Crippen LogP contribution in [0.1, 0.15) is 11.7 Å². The highest BCUT2D eigenvalue weighted by Crippen LogP contribution is 2.19. The molecule has 1 aromatic carbocycles. The lowest BCUT2D eigenvalue weighted by molar-refractivity contribution is -0.179. The summed E-state index contributed by atoms with van der Waals surface area (Å²) in [5, 5.41) is 9.37. The highest BCUT2D eigenvalue weighted by atomic mass is 19.4. The summed E-state index contributed by atoms with van der Waals surface area (Å²) < 4.78 is 52.4. The zero-order chi connectivity index (χ0) is 12.2. The van der Waals surface area contributed by atoms with Crippen molar-refractivity contribution in [3.63, 3.8) is 0 Å². The molecule has 0 radical (unpaired) electrons. The van der Waals surface area contributed by atoms with Crippen LogP contribution in [0.25, 0.3) is 0 Å². The van der Waals surface area contributed by atoms with Gasteiger partial charge in [0.1, 0.15) is 18.5 Å². The zero-order valence-corrected chi connectivity index (χ0v) is 8.17. The molecule has 90 valence electrons. The second-order valence-corrected chi connectivity index (χ2v) is 3.17. The van der Waals surface area contributed by atoms with Crippen molar-refractivity contribution in [2.75, 3.05) is 13.2 Å². The van der Waals surface area contributed by atoms with E-state index in [4.69, 9.17) is 0 Å². The van der Waals surface area contributed by atoms with Gasteiger partial charge in [-0.3, -0.25) is 0 Å². The second-order valence-electron chi connectivity index (χ2n) is 3.17. The van der Waals surface area contributed by atoms with E-state index in [-0.39, 0.29) is 5.56 Å². The van der Waals surface area contributed by atoms with E-state index in [2.05, 4.69) is 4.74 Å². The lowest BCUT2D eigenvalue weighted by Crippen LogP contribution is -2.20. The number of hydrogen-bond acceptors (Lipinski definition) is 2. The van der Waals surface area contributed by atoms with Crippen molar-refractivity contribution in [3.8, 4) is 0 Å². The van der Waals surface area contributed by atoms with E-state index >= 15 is 0 Å². The van der Waals surface area contributed by atoms with E-state index in [1.165, 1.54) is 18.2 Å². The summed E-state index contributed by atoms with van der Waals surface area (Å²) in [7, 11) is 0. The molecule has 0 aromatic heterocycles. The van der Waals surface area contributed by atoms with Gasteiger partial charge in [-0.25, -0.2) is 4.39 Å². The van der Waals surface area contributed by atoms with Crippen LogP contribution in [0.3, 0.4) is 0 Å². The van der Waals surface area contributed by atoms with Crippen LogP contribution in [0.15, 0.2) is 24.3 Å². The molecule has 1 rings (SSSR count). The van der Waals surface area contributed by atoms with Gasteiger partial charge in [0.05, 0.1) is 6.61 Å². The van der Waals surface area contributed by atoms with Gasteiger partial charge in [-0.15, -0.1) is 0 Å². The van der Waals surface area contributed by atoms with Gasteiger partial charge in [0.2, 0.25) is 0 Å². The van der Waals surface area contributed by atoms with Gasteiger partial charge in [0.25, 0.3) is 0 Å². The smallest absolute Gasteiger partial charge is 0.386 e. The van der Waals surface area contributed by atoms with E-state index < -0.39 is 31.3 Å². The SMILES string of the molecule is OC(COCC(F)(F)F)c1ccccc1F. The lowest BCUT2D eigenvalue weighted by Gasteiger charge is -2.13. The van der Waals surface area contributed by atoms with E-state index in [1.807, 2.05) is 0 Å². The number of alkyl halides is 3. The second kappa shape index (κ2) is 5.27. The Balaban J connectivity index is 2.47. The first-order chi connectivity index (χ1) is 7.40. The summed E-state index contributed by atoms with van der Waals surface area (Å²) in [5.41, 5.74) is -0.0790. The van der Waals surface area contributed by atoms with Crippen LogP contribution in [0.2, 0.25) is 0 Å². The van der Waals surface area contributed by atoms with Gasteiger partial charge in [-0.05, 0) is 6.07 Å². The quantitative estimate of drug-likeness (QED) is 0.816. The minimum absolute atomic E-state index is 0.0790. The number of ether oxygens (including phenoxy) is 1. The van der Waals surface area contributed by atoms with Crippen LogP contribution in [0, 0.1) is 5.82 Å². The molecule has 1 atom stereocenters. The van der Waals surface area contributed by atoms with Gasteiger partial charge in [0.15, 0.2) is 0 Å². The van der Waals surface area contributed by atoms with E-state index in [0.29, 0.717) is 0 Å². The Hall–Kier alpha value is -1.14. The predicted molar refractivity (Wildman–Crippen MR) is 48.2 cm³/mol. The number of hydrogen-bond donors (Lipinski definition) is 1. The Morgan fingerprint density at radius 3 is 2.44 bits per heavy atom. The maximum atomic E-state index is 13.1. The molecule has 0 spiro atoms. The molecule has 0 bridgehead atoms. The fourth-order valence-electron chi connectivity index (χ4n) is 1.12. The molecule has 2 nitrogen and oxygen atoms in total. The molecule has 1 N–H and O–H groups in total. The largest absolute Gasteiger partial charge is 0.411 e. The van der Waals surface area contributed by atoms with Gasteiger partial charge in [-0.2, -0.15) is 13.2 Å². The summed E-state index contributed by atoms with van der Waals surface area (Å²) in [6, 6.07) is 5.30. The summed E-state index contributed by atoms with van der Waals surface area (Å²) >= 11 is 0. The van der Waals surface area contributed by atoms with Crippen molar-refractivity contribution >= 4 is 0 Å². The predicted octanol–water partition coefficient (Wildman–Crippen LogP) is 2.44. The molecule has 0 saturated heterocycles. The fraction of sp³-hybridized carbons (Fsp3) is 0.400. The molecule has 0 heterocycles. The van der Waals surface area contributed by atoms with Crippen molar-refractivity contribution in [3.05, 3.63) is 35.6 Å². The van der Waals surface area contributed by atoms with Crippen LogP contribution >= 0.6 is 0 Å². The minimum atomic E-state index is -4.45. The number of aliphatic hydroxyl groups is 1.